The first-order valence-electron chi connectivity index (χ1n) is 8.58. The number of halogens is 1. The molecule has 26 heavy (non-hydrogen) atoms. The quantitative estimate of drug-likeness (QED) is 0.626. The summed E-state index contributed by atoms with van der Waals surface area (Å²) in [5.74, 6) is 1.39. The van der Waals surface area contributed by atoms with E-state index in [-0.39, 0.29) is 11.8 Å². The Labute approximate surface area is 163 Å². The zero-order valence-electron chi connectivity index (χ0n) is 15.6. The van der Waals surface area contributed by atoms with Gasteiger partial charge in [-0.15, -0.1) is 0 Å². The Kier molecular flexibility index (Phi) is 7.33. The standard InChI is InChI=1S/C20H25BrN2O3/c1-5-26-19-10-14(17(21)11-18(19)25-4)12-22-15-6-8-16(9-7-15)23-20(24)13(2)3/h6-11,13,22H,5,12H2,1-4H3,(H,23,24). The van der Waals surface area contributed by atoms with E-state index in [0.717, 1.165) is 27.2 Å². The summed E-state index contributed by atoms with van der Waals surface area (Å²) in [6.45, 7) is 6.89. The van der Waals surface area contributed by atoms with E-state index in [1.165, 1.54) is 0 Å². The van der Waals surface area contributed by atoms with E-state index in [1.54, 1.807) is 7.11 Å². The lowest BCUT2D eigenvalue weighted by atomic mass is 10.2. The van der Waals surface area contributed by atoms with Crippen LogP contribution in [0.25, 0.3) is 0 Å². The third kappa shape index (κ3) is 5.39. The SMILES string of the molecule is CCOc1cc(CNc2ccc(NC(=O)C(C)C)cc2)c(Br)cc1OC. The second-order valence-corrected chi connectivity index (χ2v) is 6.96. The van der Waals surface area contributed by atoms with Crippen LogP contribution in [0.5, 0.6) is 11.5 Å². The van der Waals surface area contributed by atoms with Crippen molar-refractivity contribution >= 4 is 33.2 Å². The van der Waals surface area contributed by atoms with Crippen molar-refractivity contribution in [3.05, 3.63) is 46.4 Å². The highest BCUT2D eigenvalue weighted by Crippen LogP contribution is 2.34. The van der Waals surface area contributed by atoms with E-state index in [9.17, 15) is 4.79 Å². The van der Waals surface area contributed by atoms with Gasteiger partial charge < -0.3 is 20.1 Å². The van der Waals surface area contributed by atoms with Gasteiger partial charge in [-0.05, 0) is 48.9 Å². The van der Waals surface area contributed by atoms with E-state index >= 15 is 0 Å². The van der Waals surface area contributed by atoms with Gasteiger partial charge >= 0.3 is 0 Å². The van der Waals surface area contributed by atoms with Crippen molar-refractivity contribution in [1.29, 1.82) is 0 Å². The van der Waals surface area contributed by atoms with Crippen LogP contribution < -0.4 is 20.1 Å². The third-order valence-electron chi connectivity index (χ3n) is 3.79. The van der Waals surface area contributed by atoms with Crippen LogP contribution in [-0.4, -0.2) is 19.6 Å². The van der Waals surface area contributed by atoms with E-state index < -0.39 is 0 Å². The van der Waals surface area contributed by atoms with Crippen LogP contribution in [0.4, 0.5) is 11.4 Å². The predicted molar refractivity (Wildman–Crippen MR) is 109 cm³/mol. The molecule has 140 valence electrons. The molecule has 5 nitrogen and oxygen atoms in total. The lowest BCUT2D eigenvalue weighted by molar-refractivity contribution is -0.118. The van der Waals surface area contributed by atoms with Gasteiger partial charge in [-0.2, -0.15) is 0 Å². The number of nitrogens with one attached hydrogen (secondary N) is 2. The minimum absolute atomic E-state index is 0.0105. The van der Waals surface area contributed by atoms with Gasteiger partial charge in [0, 0.05) is 28.3 Å². The van der Waals surface area contributed by atoms with Crippen molar-refractivity contribution in [3.8, 4) is 11.5 Å². The van der Waals surface area contributed by atoms with E-state index in [0.29, 0.717) is 18.9 Å². The van der Waals surface area contributed by atoms with Crippen molar-refractivity contribution in [2.45, 2.75) is 27.3 Å². The average molecular weight is 421 g/mol. The molecule has 1 amide bonds. The zero-order valence-corrected chi connectivity index (χ0v) is 17.1. The molecule has 0 heterocycles. The number of hydrogen-bond donors (Lipinski definition) is 2. The van der Waals surface area contributed by atoms with Gasteiger partial charge in [0.15, 0.2) is 11.5 Å². The molecule has 0 unspecified atom stereocenters. The molecule has 0 aliphatic carbocycles. The summed E-state index contributed by atoms with van der Waals surface area (Å²) < 4.78 is 11.9. The summed E-state index contributed by atoms with van der Waals surface area (Å²) in [6.07, 6.45) is 0. The second kappa shape index (κ2) is 9.48. The van der Waals surface area contributed by atoms with E-state index in [1.807, 2.05) is 57.2 Å². The number of methoxy groups -OCH3 is 1. The molecule has 2 N–H and O–H groups in total. The minimum atomic E-state index is -0.0419. The monoisotopic (exact) mass is 420 g/mol. The maximum absolute atomic E-state index is 11.7. The molecule has 0 bridgehead atoms. The van der Waals surface area contributed by atoms with Crippen LogP contribution in [0.2, 0.25) is 0 Å². The highest BCUT2D eigenvalue weighted by Gasteiger charge is 2.10. The number of hydrogen-bond acceptors (Lipinski definition) is 4. The molecule has 0 spiro atoms. The number of carbonyl (C=O) groups is 1. The van der Waals surface area contributed by atoms with Gasteiger partial charge in [0.25, 0.3) is 0 Å². The summed E-state index contributed by atoms with van der Waals surface area (Å²) in [4.78, 5) is 11.7. The summed E-state index contributed by atoms with van der Waals surface area (Å²) in [7, 11) is 1.63. The molecule has 0 aromatic heterocycles. The maximum atomic E-state index is 11.7. The molecule has 0 radical (unpaired) electrons. The molecule has 0 aliphatic rings. The predicted octanol–water partition coefficient (Wildman–Crippen LogP) is 5.06. The first kappa shape index (κ1) is 20.1. The summed E-state index contributed by atoms with van der Waals surface area (Å²) in [5, 5.41) is 6.25. The number of amides is 1. The minimum Gasteiger partial charge on any atom is -0.493 e. The lowest BCUT2D eigenvalue weighted by Crippen LogP contribution is -2.17. The number of carbonyl (C=O) groups excluding carboxylic acids is 1. The Bertz CT molecular complexity index is 745. The van der Waals surface area contributed by atoms with Gasteiger partial charge in [0.05, 0.1) is 13.7 Å². The summed E-state index contributed by atoms with van der Waals surface area (Å²) in [6, 6.07) is 11.5. The van der Waals surface area contributed by atoms with Crippen LogP contribution in [-0.2, 0) is 11.3 Å². The Morgan fingerprint density at radius 2 is 1.77 bits per heavy atom. The molecule has 0 fully saturated rings. The fraction of sp³-hybridized carbons (Fsp3) is 0.350. The maximum Gasteiger partial charge on any atom is 0.226 e. The van der Waals surface area contributed by atoms with Crippen molar-refractivity contribution in [2.24, 2.45) is 5.92 Å². The Balaban J connectivity index is 2.04. The highest BCUT2D eigenvalue weighted by atomic mass is 79.9. The Hall–Kier alpha value is -2.21. The molecule has 0 saturated heterocycles. The van der Waals surface area contributed by atoms with Crippen LogP contribution in [0.15, 0.2) is 40.9 Å². The van der Waals surface area contributed by atoms with Crippen molar-refractivity contribution in [3.63, 3.8) is 0 Å². The van der Waals surface area contributed by atoms with Gasteiger partial charge in [-0.1, -0.05) is 29.8 Å². The first-order valence-corrected chi connectivity index (χ1v) is 9.37. The molecule has 6 heteroatoms. The average Bonchev–Trinajstić information content (AvgIpc) is 2.63. The molecular weight excluding hydrogens is 396 g/mol. The van der Waals surface area contributed by atoms with Gasteiger partial charge in [0.1, 0.15) is 0 Å². The number of benzene rings is 2. The molecule has 2 aromatic rings. The molecule has 0 saturated carbocycles. The topological polar surface area (TPSA) is 59.6 Å². The normalized spacial score (nSPS) is 10.5. The zero-order chi connectivity index (χ0) is 19.1. The van der Waals surface area contributed by atoms with Crippen LogP contribution in [0, 0.1) is 5.92 Å². The van der Waals surface area contributed by atoms with E-state index in [2.05, 4.69) is 26.6 Å². The van der Waals surface area contributed by atoms with Crippen LogP contribution in [0.3, 0.4) is 0 Å². The van der Waals surface area contributed by atoms with Gasteiger partial charge in [0.2, 0.25) is 5.91 Å². The Morgan fingerprint density at radius 1 is 1.12 bits per heavy atom. The lowest BCUT2D eigenvalue weighted by Gasteiger charge is -2.14. The van der Waals surface area contributed by atoms with Gasteiger partial charge in [-0.25, -0.2) is 0 Å². The summed E-state index contributed by atoms with van der Waals surface area (Å²) in [5.41, 5.74) is 2.82. The number of ether oxygens (including phenoxy) is 2. The molecule has 0 atom stereocenters. The summed E-state index contributed by atoms with van der Waals surface area (Å²) >= 11 is 3.58. The second-order valence-electron chi connectivity index (χ2n) is 6.10. The van der Waals surface area contributed by atoms with Crippen LogP contribution in [0.1, 0.15) is 26.3 Å². The molecule has 2 rings (SSSR count). The van der Waals surface area contributed by atoms with Gasteiger partial charge in [-0.3, -0.25) is 4.79 Å². The molecule has 2 aromatic carbocycles. The highest BCUT2D eigenvalue weighted by molar-refractivity contribution is 9.10. The molecular formula is C20H25BrN2O3. The number of anilines is 2. The molecule has 0 aliphatic heterocycles. The fourth-order valence-electron chi connectivity index (χ4n) is 2.30. The largest absolute Gasteiger partial charge is 0.493 e. The van der Waals surface area contributed by atoms with Crippen LogP contribution >= 0.6 is 15.9 Å². The first-order chi connectivity index (χ1) is 12.4. The third-order valence-corrected chi connectivity index (χ3v) is 4.53. The fourth-order valence-corrected chi connectivity index (χ4v) is 2.76. The van der Waals surface area contributed by atoms with Crippen molar-refractivity contribution in [2.75, 3.05) is 24.4 Å². The van der Waals surface area contributed by atoms with Crippen molar-refractivity contribution < 1.29 is 14.3 Å². The Morgan fingerprint density at radius 3 is 2.35 bits per heavy atom. The number of rotatable bonds is 8. The van der Waals surface area contributed by atoms with E-state index in [4.69, 9.17) is 9.47 Å². The smallest absolute Gasteiger partial charge is 0.226 e. The van der Waals surface area contributed by atoms with Crippen molar-refractivity contribution in [1.82, 2.24) is 0 Å².